The van der Waals surface area contributed by atoms with Gasteiger partial charge >= 0.3 is 0 Å². The van der Waals surface area contributed by atoms with Crippen LogP contribution in [0.1, 0.15) is 11.8 Å². The lowest BCUT2D eigenvalue weighted by Gasteiger charge is -2.27. The van der Waals surface area contributed by atoms with Crippen LogP contribution in [0, 0.1) is 0 Å². The van der Waals surface area contributed by atoms with E-state index in [2.05, 4.69) is 10.3 Å². The van der Waals surface area contributed by atoms with Crippen molar-refractivity contribution < 1.29 is 9.90 Å². The average Bonchev–Trinajstić information content (AvgIpc) is 3.12. The molecular formula is C20H18N4O2+. The summed E-state index contributed by atoms with van der Waals surface area (Å²) in [5.74, 6) is 0.418. The molecule has 0 aliphatic carbocycles. The topological polar surface area (TPSA) is 70.8 Å². The monoisotopic (exact) mass is 346 g/mol. The highest BCUT2D eigenvalue weighted by Crippen LogP contribution is 2.23. The molecule has 0 bridgehead atoms. The molecule has 6 nitrogen and oxygen atoms in total. The van der Waals surface area contributed by atoms with E-state index in [0.717, 1.165) is 11.3 Å². The average molecular weight is 346 g/mol. The summed E-state index contributed by atoms with van der Waals surface area (Å²) in [7, 11) is 0. The van der Waals surface area contributed by atoms with Crippen LogP contribution in [0.25, 0.3) is 0 Å². The Balaban J connectivity index is 1.46. The summed E-state index contributed by atoms with van der Waals surface area (Å²) in [4.78, 5) is 20.4. The van der Waals surface area contributed by atoms with E-state index in [9.17, 15) is 9.90 Å². The number of nitrogens with zero attached hydrogens (tertiary/aromatic N) is 3. The summed E-state index contributed by atoms with van der Waals surface area (Å²) in [6, 6.07) is 18.7. The van der Waals surface area contributed by atoms with Crippen LogP contribution >= 0.6 is 0 Å². The number of benzene rings is 2. The van der Waals surface area contributed by atoms with Gasteiger partial charge in [-0.25, -0.2) is 0 Å². The number of aliphatic imine (C=N–C) groups is 1. The van der Waals surface area contributed by atoms with Crippen LogP contribution in [0.2, 0.25) is 0 Å². The molecule has 0 saturated heterocycles. The third-order valence-electron chi connectivity index (χ3n) is 4.21. The van der Waals surface area contributed by atoms with Crippen molar-refractivity contribution in [2.24, 2.45) is 4.99 Å². The van der Waals surface area contributed by atoms with Crippen molar-refractivity contribution >= 4 is 17.4 Å². The van der Waals surface area contributed by atoms with Gasteiger partial charge in [-0.1, -0.05) is 53.4 Å². The number of anilines is 1. The van der Waals surface area contributed by atoms with Gasteiger partial charge in [-0.3, -0.25) is 9.69 Å². The number of rotatable bonds is 4. The number of fused-ring (bicyclic) bond motifs is 1. The normalized spacial score (nSPS) is 17.3. The summed E-state index contributed by atoms with van der Waals surface area (Å²) < 4.78 is 0. The van der Waals surface area contributed by atoms with E-state index < -0.39 is 6.23 Å². The molecule has 6 heteroatoms. The van der Waals surface area contributed by atoms with Crippen molar-refractivity contribution in [1.82, 2.24) is 9.80 Å². The predicted molar refractivity (Wildman–Crippen MR) is 100.0 cm³/mol. The Morgan fingerprint density at radius 3 is 2.54 bits per heavy atom. The van der Waals surface area contributed by atoms with Crippen molar-refractivity contribution in [2.45, 2.75) is 6.23 Å². The predicted octanol–water partition coefficient (Wildman–Crippen LogP) is 2.50. The number of hydrogen-bond acceptors (Lipinski definition) is 5. The van der Waals surface area contributed by atoms with E-state index in [1.54, 1.807) is 23.4 Å². The standard InChI is InChI=1S/C20H18N4O2/c25-19(21-16-9-5-2-6-10-16)17-13-24-14-23(12-11-18(24)22-17)20(26)15-7-3-1-4-8-15/h1-13,20,26H,14H2,(H,21,25)/q+1. The number of para-hydroxylation sites is 1. The second kappa shape index (κ2) is 6.95. The summed E-state index contributed by atoms with van der Waals surface area (Å²) in [5.41, 5.74) is 1.87. The SMILES string of the molecule is O=C(Nc1ccccc1)C1=C[N+]2CN(C(O)c3ccccc3)C=CC2=N1. The minimum atomic E-state index is -0.760. The molecule has 129 valence electrons. The van der Waals surface area contributed by atoms with Gasteiger partial charge in [-0.05, 0) is 12.1 Å². The first-order valence-corrected chi connectivity index (χ1v) is 8.31. The van der Waals surface area contributed by atoms with Gasteiger partial charge in [0.25, 0.3) is 11.7 Å². The number of amides is 1. The number of aliphatic hydroxyl groups excluding tert-OH is 1. The molecule has 0 fully saturated rings. The number of amidine groups is 1. The van der Waals surface area contributed by atoms with E-state index in [0.29, 0.717) is 18.2 Å². The number of nitrogens with one attached hydrogen (secondary N) is 1. The highest BCUT2D eigenvalue weighted by molar-refractivity contribution is 6.10. The van der Waals surface area contributed by atoms with Crippen LogP contribution in [0.4, 0.5) is 5.69 Å². The molecular weight excluding hydrogens is 328 g/mol. The second-order valence-electron chi connectivity index (χ2n) is 6.03. The van der Waals surface area contributed by atoms with Crippen molar-refractivity contribution in [3.8, 4) is 0 Å². The van der Waals surface area contributed by atoms with Gasteiger partial charge in [-0.15, -0.1) is 0 Å². The Labute approximate surface area is 151 Å². The fourth-order valence-corrected chi connectivity index (χ4v) is 2.86. The van der Waals surface area contributed by atoms with E-state index in [1.807, 2.05) is 65.6 Å². The molecule has 0 saturated carbocycles. The maximum atomic E-state index is 12.4. The molecule has 2 aliphatic rings. The molecule has 1 radical (unpaired) electrons. The Morgan fingerprint density at radius 1 is 1.12 bits per heavy atom. The smallest absolute Gasteiger partial charge is 0.285 e. The Bertz CT molecular complexity index is 891. The molecule has 0 aromatic heterocycles. The Kier molecular flexibility index (Phi) is 4.35. The largest absolute Gasteiger partial charge is 0.369 e. The maximum absolute atomic E-state index is 12.4. The lowest BCUT2D eigenvalue weighted by atomic mass is 10.2. The summed E-state index contributed by atoms with van der Waals surface area (Å²) in [6.07, 6.45) is 4.51. The molecule has 2 aliphatic heterocycles. The molecule has 2 N–H and O–H groups in total. The first-order chi connectivity index (χ1) is 12.7. The number of aliphatic hydroxyl groups is 1. The lowest BCUT2D eigenvalue weighted by Crippen LogP contribution is -2.43. The Morgan fingerprint density at radius 2 is 1.81 bits per heavy atom. The third-order valence-corrected chi connectivity index (χ3v) is 4.21. The molecule has 1 atom stereocenters. The van der Waals surface area contributed by atoms with Crippen molar-refractivity contribution in [1.29, 1.82) is 0 Å². The van der Waals surface area contributed by atoms with Crippen molar-refractivity contribution in [2.75, 3.05) is 12.0 Å². The van der Waals surface area contributed by atoms with E-state index >= 15 is 0 Å². The molecule has 4 rings (SSSR count). The van der Waals surface area contributed by atoms with Crippen LogP contribution in [0.3, 0.4) is 0 Å². The van der Waals surface area contributed by atoms with Crippen molar-refractivity contribution in [3.63, 3.8) is 0 Å². The highest BCUT2D eigenvalue weighted by atomic mass is 16.3. The summed E-state index contributed by atoms with van der Waals surface area (Å²) in [6.45, 7) is 0.410. The first kappa shape index (κ1) is 16.3. The van der Waals surface area contributed by atoms with Crippen LogP contribution in [0.15, 0.2) is 89.8 Å². The summed E-state index contributed by atoms with van der Waals surface area (Å²) >= 11 is 0. The van der Waals surface area contributed by atoms with Gasteiger partial charge in [0.2, 0.25) is 6.67 Å². The molecule has 2 aromatic carbocycles. The van der Waals surface area contributed by atoms with Gasteiger partial charge in [0.05, 0.1) is 0 Å². The van der Waals surface area contributed by atoms with Gasteiger partial charge in [0, 0.05) is 23.5 Å². The zero-order chi connectivity index (χ0) is 17.9. The summed E-state index contributed by atoms with van der Waals surface area (Å²) in [5, 5.41) is 13.4. The van der Waals surface area contributed by atoms with Gasteiger partial charge in [0.1, 0.15) is 0 Å². The Hall–Kier alpha value is -3.22. The third kappa shape index (κ3) is 3.28. The molecule has 2 aromatic rings. The van der Waals surface area contributed by atoms with Gasteiger partial charge in [-0.2, -0.15) is 4.99 Å². The fraction of sp³-hybridized carbons (Fsp3) is 0.100. The lowest BCUT2D eigenvalue weighted by molar-refractivity contribution is -0.112. The highest BCUT2D eigenvalue weighted by Gasteiger charge is 2.36. The van der Waals surface area contributed by atoms with Crippen LogP contribution in [-0.4, -0.2) is 28.4 Å². The van der Waals surface area contributed by atoms with Gasteiger partial charge in [0.15, 0.2) is 18.1 Å². The minimum Gasteiger partial charge on any atom is -0.369 e. The molecule has 2 heterocycles. The van der Waals surface area contributed by atoms with Crippen LogP contribution in [0.5, 0.6) is 0 Å². The zero-order valence-corrected chi connectivity index (χ0v) is 14.0. The quantitative estimate of drug-likeness (QED) is 0.836. The van der Waals surface area contributed by atoms with E-state index in [1.165, 1.54) is 0 Å². The van der Waals surface area contributed by atoms with E-state index in [-0.39, 0.29) is 5.91 Å². The molecule has 26 heavy (non-hydrogen) atoms. The van der Waals surface area contributed by atoms with Crippen molar-refractivity contribution in [3.05, 3.63) is 90.4 Å². The molecule has 0 spiro atoms. The first-order valence-electron chi connectivity index (χ1n) is 8.31. The number of hydrogen-bond donors (Lipinski definition) is 2. The van der Waals surface area contributed by atoms with Crippen LogP contribution in [-0.2, 0) is 4.79 Å². The number of carbonyl (C=O) groups excluding carboxylic acids is 1. The number of carbonyl (C=O) groups is 1. The minimum absolute atomic E-state index is 0.262. The maximum Gasteiger partial charge on any atom is 0.285 e. The fourth-order valence-electron chi connectivity index (χ4n) is 2.86. The second-order valence-corrected chi connectivity index (χ2v) is 6.03. The van der Waals surface area contributed by atoms with E-state index in [4.69, 9.17) is 0 Å². The zero-order valence-electron chi connectivity index (χ0n) is 14.0. The molecule has 1 unspecified atom stereocenters. The van der Waals surface area contributed by atoms with Crippen LogP contribution < -0.4 is 10.2 Å². The molecule has 1 amide bonds. The van der Waals surface area contributed by atoms with Gasteiger partial charge < -0.3 is 10.4 Å².